The zero-order chi connectivity index (χ0) is 20.8. The molecule has 2 amide bonds. The molecule has 0 bridgehead atoms. The number of hydrogen-bond donors (Lipinski definition) is 2. The van der Waals surface area contributed by atoms with E-state index < -0.39 is 0 Å². The highest BCUT2D eigenvalue weighted by molar-refractivity contribution is 6.15. The molecule has 5 rings (SSSR count). The van der Waals surface area contributed by atoms with Gasteiger partial charge in [-0.3, -0.25) is 19.7 Å². The van der Waals surface area contributed by atoms with Gasteiger partial charge in [-0.25, -0.2) is 4.98 Å². The van der Waals surface area contributed by atoms with E-state index in [1.165, 1.54) is 6.92 Å². The summed E-state index contributed by atoms with van der Waals surface area (Å²) in [6, 6.07) is 9.65. The van der Waals surface area contributed by atoms with Gasteiger partial charge in [-0.15, -0.1) is 0 Å². The fraction of sp³-hybridized carbons (Fsp3) is 0.227. The minimum absolute atomic E-state index is 0.0130. The maximum absolute atomic E-state index is 12.0. The molecule has 1 aliphatic heterocycles. The first kappa shape index (κ1) is 18.2. The number of amides is 2. The van der Waals surface area contributed by atoms with Crippen molar-refractivity contribution in [3.8, 4) is 11.3 Å². The second-order valence-corrected chi connectivity index (χ2v) is 7.64. The third-order valence-electron chi connectivity index (χ3n) is 5.22. The molecule has 1 saturated heterocycles. The number of benzene rings is 1. The number of nitrogens with one attached hydrogen (secondary N) is 2. The number of hydrogen-bond acceptors (Lipinski definition) is 6. The van der Waals surface area contributed by atoms with Crippen LogP contribution >= 0.6 is 0 Å². The van der Waals surface area contributed by atoms with Crippen molar-refractivity contribution in [2.24, 2.45) is 0 Å². The fourth-order valence-corrected chi connectivity index (χ4v) is 3.48. The van der Waals surface area contributed by atoms with Crippen LogP contribution in [-0.2, 0) is 9.59 Å². The first-order valence-electron chi connectivity index (χ1n) is 9.79. The van der Waals surface area contributed by atoms with Crippen LogP contribution in [-0.4, -0.2) is 38.2 Å². The van der Waals surface area contributed by atoms with E-state index in [4.69, 9.17) is 4.98 Å². The number of aromatic nitrogens is 3. The Labute approximate surface area is 172 Å². The van der Waals surface area contributed by atoms with Crippen molar-refractivity contribution >= 4 is 35.1 Å². The van der Waals surface area contributed by atoms with Gasteiger partial charge in [-0.2, -0.15) is 9.61 Å². The number of ketones is 1. The van der Waals surface area contributed by atoms with Gasteiger partial charge in [-0.1, -0.05) is 18.2 Å². The SMILES string of the molecule is CC(=O)c1cccc(-c2cc(NC3CC3)n3ncc(/C=C4\CC(=O)NC4=O)c3n2)c1. The van der Waals surface area contributed by atoms with Crippen LogP contribution in [0.5, 0.6) is 0 Å². The van der Waals surface area contributed by atoms with Crippen LogP contribution in [0.25, 0.3) is 23.0 Å². The van der Waals surface area contributed by atoms with Crippen LogP contribution in [0.2, 0.25) is 0 Å². The van der Waals surface area contributed by atoms with Crippen LogP contribution in [0.4, 0.5) is 5.82 Å². The topological polar surface area (TPSA) is 105 Å². The van der Waals surface area contributed by atoms with E-state index in [-0.39, 0.29) is 24.0 Å². The van der Waals surface area contributed by atoms with E-state index >= 15 is 0 Å². The number of anilines is 1. The van der Waals surface area contributed by atoms with Crippen molar-refractivity contribution in [1.82, 2.24) is 19.9 Å². The maximum atomic E-state index is 12.0. The number of fused-ring (bicyclic) bond motifs is 1. The summed E-state index contributed by atoms with van der Waals surface area (Å²) in [4.78, 5) is 40.1. The summed E-state index contributed by atoms with van der Waals surface area (Å²) in [6.45, 7) is 1.53. The number of imide groups is 1. The molecule has 30 heavy (non-hydrogen) atoms. The Morgan fingerprint density at radius 3 is 2.80 bits per heavy atom. The highest BCUT2D eigenvalue weighted by Gasteiger charge is 2.26. The van der Waals surface area contributed by atoms with Crippen LogP contribution in [0.15, 0.2) is 42.1 Å². The largest absolute Gasteiger partial charge is 0.367 e. The molecular formula is C22H19N5O3. The lowest BCUT2D eigenvalue weighted by atomic mass is 10.1. The maximum Gasteiger partial charge on any atom is 0.254 e. The van der Waals surface area contributed by atoms with Crippen LogP contribution in [0.3, 0.4) is 0 Å². The summed E-state index contributed by atoms with van der Waals surface area (Å²) in [7, 11) is 0. The zero-order valence-corrected chi connectivity index (χ0v) is 16.3. The summed E-state index contributed by atoms with van der Waals surface area (Å²) in [6.07, 6.45) is 5.54. The molecule has 0 atom stereocenters. The second kappa shape index (κ2) is 6.91. The molecule has 2 aliphatic rings. The van der Waals surface area contributed by atoms with Crippen molar-refractivity contribution in [2.75, 3.05) is 5.32 Å². The molecular weight excluding hydrogens is 382 g/mol. The van der Waals surface area contributed by atoms with Crippen LogP contribution in [0.1, 0.15) is 42.1 Å². The lowest BCUT2D eigenvalue weighted by Crippen LogP contribution is -2.19. The number of rotatable bonds is 5. The third kappa shape index (κ3) is 3.36. The van der Waals surface area contributed by atoms with Gasteiger partial charge >= 0.3 is 0 Å². The first-order valence-corrected chi connectivity index (χ1v) is 9.79. The molecule has 1 aromatic carbocycles. The van der Waals surface area contributed by atoms with E-state index in [0.29, 0.717) is 34.1 Å². The lowest BCUT2D eigenvalue weighted by molar-refractivity contribution is -0.124. The predicted octanol–water partition coefficient (Wildman–Crippen LogP) is 2.60. The van der Waals surface area contributed by atoms with Gasteiger partial charge in [0.25, 0.3) is 5.91 Å². The summed E-state index contributed by atoms with van der Waals surface area (Å²) in [5.74, 6) is 0.0813. The summed E-state index contributed by atoms with van der Waals surface area (Å²) in [5.41, 5.74) is 3.74. The van der Waals surface area contributed by atoms with E-state index in [1.807, 2.05) is 24.3 Å². The highest BCUT2D eigenvalue weighted by Crippen LogP contribution is 2.30. The van der Waals surface area contributed by atoms with E-state index in [9.17, 15) is 14.4 Å². The van der Waals surface area contributed by atoms with Crippen molar-refractivity contribution in [3.05, 3.63) is 53.2 Å². The monoisotopic (exact) mass is 401 g/mol. The minimum Gasteiger partial charge on any atom is -0.367 e. The van der Waals surface area contributed by atoms with Crippen LogP contribution in [0, 0.1) is 0 Å². The quantitative estimate of drug-likeness (QED) is 0.387. The Balaban J connectivity index is 1.65. The summed E-state index contributed by atoms with van der Waals surface area (Å²) in [5, 5.41) is 10.2. The van der Waals surface area contributed by atoms with Gasteiger partial charge in [0, 0.05) is 34.4 Å². The zero-order valence-electron chi connectivity index (χ0n) is 16.3. The number of carbonyl (C=O) groups excluding carboxylic acids is 3. The molecule has 3 heterocycles. The molecule has 3 aromatic rings. The Bertz CT molecular complexity index is 1250. The average molecular weight is 401 g/mol. The van der Waals surface area contributed by atoms with Crippen LogP contribution < -0.4 is 10.6 Å². The third-order valence-corrected chi connectivity index (χ3v) is 5.22. The molecule has 0 spiro atoms. The van der Waals surface area contributed by atoms with E-state index in [0.717, 1.165) is 24.2 Å². The molecule has 2 aromatic heterocycles. The van der Waals surface area contributed by atoms with Gasteiger partial charge in [-0.05, 0) is 31.9 Å². The standard InChI is InChI=1S/C22H19N5O3/c1-12(28)13-3-2-4-14(7-13)18-10-19(24-17-5-6-17)27-21(25-18)16(11-23-27)8-15-9-20(29)26-22(15)30/h2-4,7-8,10-11,17,24H,5-6,9H2,1H3,(H,26,29,30)/b15-8+. The molecule has 150 valence electrons. The van der Waals surface area contributed by atoms with Gasteiger partial charge in [0.2, 0.25) is 5.91 Å². The Morgan fingerprint density at radius 2 is 2.10 bits per heavy atom. The average Bonchev–Trinajstić information content (AvgIpc) is 3.36. The minimum atomic E-state index is -0.388. The fourth-order valence-electron chi connectivity index (χ4n) is 3.48. The molecule has 2 fully saturated rings. The summed E-state index contributed by atoms with van der Waals surface area (Å²) < 4.78 is 1.71. The number of nitrogens with zero attached hydrogens (tertiary/aromatic N) is 3. The smallest absolute Gasteiger partial charge is 0.254 e. The Morgan fingerprint density at radius 1 is 1.27 bits per heavy atom. The Hall–Kier alpha value is -3.81. The Kier molecular flexibility index (Phi) is 4.20. The highest BCUT2D eigenvalue weighted by atomic mass is 16.2. The first-order chi connectivity index (χ1) is 14.5. The van der Waals surface area contributed by atoms with Crippen molar-refractivity contribution in [3.63, 3.8) is 0 Å². The molecule has 8 heteroatoms. The second-order valence-electron chi connectivity index (χ2n) is 7.64. The molecule has 0 unspecified atom stereocenters. The van der Waals surface area contributed by atoms with E-state index in [1.54, 1.807) is 22.9 Å². The summed E-state index contributed by atoms with van der Waals surface area (Å²) >= 11 is 0. The molecule has 1 saturated carbocycles. The molecule has 2 N–H and O–H groups in total. The van der Waals surface area contributed by atoms with Gasteiger partial charge in [0.1, 0.15) is 5.82 Å². The van der Waals surface area contributed by atoms with E-state index in [2.05, 4.69) is 15.7 Å². The predicted molar refractivity (Wildman–Crippen MR) is 111 cm³/mol. The van der Waals surface area contributed by atoms with Crippen molar-refractivity contribution < 1.29 is 14.4 Å². The molecule has 1 aliphatic carbocycles. The molecule has 0 radical (unpaired) electrons. The lowest BCUT2D eigenvalue weighted by Gasteiger charge is -2.11. The van der Waals surface area contributed by atoms with Gasteiger partial charge in [0.15, 0.2) is 11.4 Å². The normalized spacial score (nSPS) is 17.6. The van der Waals surface area contributed by atoms with Crippen molar-refractivity contribution in [2.45, 2.75) is 32.2 Å². The van der Waals surface area contributed by atoms with Gasteiger partial charge in [0.05, 0.1) is 18.3 Å². The number of Topliss-reactive ketones (excluding diaryl/α,β-unsaturated/α-hetero) is 1. The van der Waals surface area contributed by atoms with Gasteiger partial charge < -0.3 is 5.32 Å². The number of carbonyl (C=O) groups is 3. The molecule has 8 nitrogen and oxygen atoms in total. The van der Waals surface area contributed by atoms with Crippen molar-refractivity contribution in [1.29, 1.82) is 0 Å².